The lowest BCUT2D eigenvalue weighted by molar-refractivity contribution is -0.122. The van der Waals surface area contributed by atoms with E-state index in [2.05, 4.69) is 36.2 Å². The van der Waals surface area contributed by atoms with E-state index in [1.54, 1.807) is 6.92 Å². The van der Waals surface area contributed by atoms with Crippen LogP contribution in [0.2, 0.25) is 0 Å². The zero-order valence-electron chi connectivity index (χ0n) is 13.0. The van der Waals surface area contributed by atoms with Crippen molar-refractivity contribution in [2.45, 2.75) is 39.9 Å². The zero-order chi connectivity index (χ0) is 14.3. The van der Waals surface area contributed by atoms with Gasteiger partial charge in [-0.2, -0.15) is 0 Å². The zero-order valence-corrected chi connectivity index (χ0v) is 14.6. The van der Waals surface area contributed by atoms with Gasteiger partial charge in [-0.25, -0.2) is 0 Å². The summed E-state index contributed by atoms with van der Waals surface area (Å²) in [6, 6.07) is 7.75. The summed E-state index contributed by atoms with van der Waals surface area (Å²) in [7, 11) is 0. The highest BCUT2D eigenvalue weighted by molar-refractivity contribution is 5.85. The van der Waals surface area contributed by atoms with Gasteiger partial charge in [-0.15, -0.1) is 24.8 Å². The van der Waals surface area contributed by atoms with E-state index in [0.29, 0.717) is 6.54 Å². The number of amides is 1. The van der Waals surface area contributed by atoms with Crippen molar-refractivity contribution in [1.82, 2.24) is 10.2 Å². The molecule has 0 aliphatic rings. The minimum Gasteiger partial charge on any atom is -0.351 e. The molecule has 1 amide bonds. The summed E-state index contributed by atoms with van der Waals surface area (Å²) in [5.41, 5.74) is 7.96. The van der Waals surface area contributed by atoms with Gasteiger partial charge in [0.2, 0.25) is 5.91 Å². The van der Waals surface area contributed by atoms with Gasteiger partial charge in [-0.3, -0.25) is 9.69 Å². The van der Waals surface area contributed by atoms with Gasteiger partial charge in [0.1, 0.15) is 0 Å². The smallest absolute Gasteiger partial charge is 0.236 e. The maximum atomic E-state index is 11.5. The summed E-state index contributed by atoms with van der Waals surface area (Å²) < 4.78 is 0. The van der Waals surface area contributed by atoms with E-state index in [9.17, 15) is 4.79 Å². The molecule has 4 nitrogen and oxygen atoms in total. The van der Waals surface area contributed by atoms with E-state index in [4.69, 9.17) is 5.73 Å². The molecule has 0 radical (unpaired) electrons. The quantitative estimate of drug-likeness (QED) is 0.803. The largest absolute Gasteiger partial charge is 0.351 e. The Morgan fingerprint density at radius 1 is 1.19 bits per heavy atom. The highest BCUT2D eigenvalue weighted by Crippen LogP contribution is 2.11. The Kier molecular flexibility index (Phi) is 12.6. The van der Waals surface area contributed by atoms with Gasteiger partial charge in [-0.05, 0) is 31.1 Å². The molecule has 1 atom stereocenters. The molecule has 1 aromatic rings. The maximum absolute atomic E-state index is 11.5. The van der Waals surface area contributed by atoms with E-state index in [1.165, 1.54) is 5.56 Å². The van der Waals surface area contributed by atoms with Crippen LogP contribution in [-0.2, 0) is 17.9 Å². The van der Waals surface area contributed by atoms with Crippen molar-refractivity contribution >= 4 is 30.7 Å². The molecule has 0 bridgehead atoms. The third-order valence-corrected chi connectivity index (χ3v) is 3.27. The van der Waals surface area contributed by atoms with E-state index >= 15 is 0 Å². The van der Waals surface area contributed by atoms with Gasteiger partial charge in [-0.1, -0.05) is 38.1 Å². The molecule has 6 heteroatoms. The van der Waals surface area contributed by atoms with Crippen LogP contribution in [-0.4, -0.2) is 29.9 Å². The van der Waals surface area contributed by atoms with Crippen LogP contribution in [0.15, 0.2) is 24.3 Å². The fourth-order valence-corrected chi connectivity index (χ4v) is 1.92. The molecule has 0 heterocycles. The fraction of sp³-hybridized carbons (Fsp3) is 0.533. The Labute approximate surface area is 140 Å². The van der Waals surface area contributed by atoms with Crippen molar-refractivity contribution in [3.8, 4) is 0 Å². The molecule has 3 N–H and O–H groups in total. The number of rotatable bonds is 7. The maximum Gasteiger partial charge on any atom is 0.236 e. The van der Waals surface area contributed by atoms with Crippen molar-refractivity contribution in [3.63, 3.8) is 0 Å². The van der Waals surface area contributed by atoms with Gasteiger partial charge in [0.05, 0.1) is 6.04 Å². The number of carbonyl (C=O) groups is 1. The normalized spacial score (nSPS) is 11.3. The van der Waals surface area contributed by atoms with E-state index in [-0.39, 0.29) is 30.7 Å². The van der Waals surface area contributed by atoms with Crippen LogP contribution in [0.4, 0.5) is 0 Å². The van der Waals surface area contributed by atoms with Crippen LogP contribution in [0, 0.1) is 0 Å². The second-order valence-corrected chi connectivity index (χ2v) is 4.74. The Hall–Kier alpha value is -0.810. The number of carbonyl (C=O) groups excluding carboxylic acids is 1. The van der Waals surface area contributed by atoms with Crippen molar-refractivity contribution in [3.05, 3.63) is 35.4 Å². The lowest BCUT2D eigenvalue weighted by Crippen LogP contribution is -2.38. The van der Waals surface area contributed by atoms with Crippen molar-refractivity contribution in [1.29, 1.82) is 0 Å². The molecule has 1 aromatic carbocycles. The minimum atomic E-state index is -0.463. The van der Waals surface area contributed by atoms with Crippen LogP contribution in [0.1, 0.15) is 31.9 Å². The van der Waals surface area contributed by atoms with Crippen LogP contribution in [0.5, 0.6) is 0 Å². The lowest BCUT2D eigenvalue weighted by atomic mass is 10.1. The SMILES string of the molecule is CCN(CC)Cc1ccccc1CNC(=O)[C@H](C)N.Cl.Cl. The number of nitrogens with two attached hydrogens (primary N) is 1. The molecule has 0 aromatic heterocycles. The Morgan fingerprint density at radius 2 is 1.71 bits per heavy atom. The number of halogens is 2. The average Bonchev–Trinajstić information content (AvgIpc) is 2.42. The highest BCUT2D eigenvalue weighted by Gasteiger charge is 2.09. The lowest BCUT2D eigenvalue weighted by Gasteiger charge is -2.20. The van der Waals surface area contributed by atoms with Crippen LogP contribution >= 0.6 is 24.8 Å². The van der Waals surface area contributed by atoms with Crippen LogP contribution in [0.25, 0.3) is 0 Å². The summed E-state index contributed by atoms with van der Waals surface area (Å²) in [5, 5.41) is 2.87. The van der Waals surface area contributed by atoms with Gasteiger partial charge in [0, 0.05) is 13.1 Å². The van der Waals surface area contributed by atoms with Crippen LogP contribution < -0.4 is 11.1 Å². The molecule has 0 aliphatic heterocycles. The van der Waals surface area contributed by atoms with Crippen molar-refractivity contribution < 1.29 is 4.79 Å². The first-order chi connectivity index (χ1) is 9.08. The molecule has 0 spiro atoms. The molecule has 0 fully saturated rings. The number of benzene rings is 1. The Balaban J connectivity index is 0. The highest BCUT2D eigenvalue weighted by atomic mass is 35.5. The first kappa shape index (κ1) is 22.5. The van der Waals surface area contributed by atoms with Crippen molar-refractivity contribution in [2.24, 2.45) is 5.73 Å². The number of nitrogens with one attached hydrogen (secondary N) is 1. The molecule has 122 valence electrons. The third-order valence-electron chi connectivity index (χ3n) is 3.27. The first-order valence-corrected chi connectivity index (χ1v) is 6.90. The molecule has 21 heavy (non-hydrogen) atoms. The first-order valence-electron chi connectivity index (χ1n) is 6.90. The second kappa shape index (κ2) is 11.8. The monoisotopic (exact) mass is 335 g/mol. The molecular formula is C15H27Cl2N3O. The van der Waals surface area contributed by atoms with Gasteiger partial charge in [0.15, 0.2) is 0 Å². The molecule has 0 saturated carbocycles. The summed E-state index contributed by atoms with van der Waals surface area (Å²) in [4.78, 5) is 13.9. The van der Waals surface area contributed by atoms with Gasteiger partial charge < -0.3 is 11.1 Å². The molecule has 0 aliphatic carbocycles. The standard InChI is InChI=1S/C15H25N3O.2ClH/c1-4-18(5-2)11-14-9-7-6-8-13(14)10-17-15(19)12(3)16;;/h6-9,12H,4-5,10-11,16H2,1-3H3,(H,17,19);2*1H/t12-;;/m0../s1. The van der Waals surface area contributed by atoms with E-state index in [0.717, 1.165) is 25.2 Å². The molecule has 0 unspecified atom stereocenters. The number of hydrogen-bond acceptors (Lipinski definition) is 3. The average molecular weight is 336 g/mol. The predicted molar refractivity (Wildman–Crippen MR) is 93.1 cm³/mol. The third kappa shape index (κ3) is 7.67. The summed E-state index contributed by atoms with van der Waals surface area (Å²) >= 11 is 0. The van der Waals surface area contributed by atoms with Crippen molar-refractivity contribution in [2.75, 3.05) is 13.1 Å². The molecule has 1 rings (SSSR count). The minimum absolute atomic E-state index is 0. The van der Waals surface area contributed by atoms with E-state index in [1.807, 2.05) is 12.1 Å². The fourth-order valence-electron chi connectivity index (χ4n) is 1.92. The Morgan fingerprint density at radius 3 is 2.19 bits per heavy atom. The number of nitrogens with zero attached hydrogens (tertiary/aromatic N) is 1. The number of hydrogen-bond donors (Lipinski definition) is 2. The van der Waals surface area contributed by atoms with E-state index < -0.39 is 6.04 Å². The molecular weight excluding hydrogens is 309 g/mol. The van der Waals surface area contributed by atoms with Gasteiger partial charge >= 0.3 is 0 Å². The van der Waals surface area contributed by atoms with Gasteiger partial charge in [0.25, 0.3) is 0 Å². The second-order valence-electron chi connectivity index (χ2n) is 4.74. The predicted octanol–water partition coefficient (Wildman–Crippen LogP) is 2.34. The summed E-state index contributed by atoms with van der Waals surface area (Å²) in [5.74, 6) is -0.113. The Bertz CT molecular complexity index is 410. The summed E-state index contributed by atoms with van der Waals surface area (Å²) in [6.45, 7) is 9.51. The summed E-state index contributed by atoms with van der Waals surface area (Å²) in [6.07, 6.45) is 0. The van der Waals surface area contributed by atoms with Crippen LogP contribution in [0.3, 0.4) is 0 Å². The molecule has 0 saturated heterocycles. The topological polar surface area (TPSA) is 58.4 Å².